The summed E-state index contributed by atoms with van der Waals surface area (Å²) in [7, 11) is 0. The smallest absolute Gasteiger partial charge is 0.119 e. The second-order valence-electron chi connectivity index (χ2n) is 5.82. The molecule has 0 radical (unpaired) electrons. The van der Waals surface area contributed by atoms with E-state index in [0.29, 0.717) is 11.7 Å². The van der Waals surface area contributed by atoms with Crippen LogP contribution in [0.4, 0.5) is 0 Å². The van der Waals surface area contributed by atoms with Gasteiger partial charge in [-0.1, -0.05) is 53.2 Å². The summed E-state index contributed by atoms with van der Waals surface area (Å²) < 4.78 is 0. The zero-order chi connectivity index (χ0) is 12.3. The van der Waals surface area contributed by atoms with Gasteiger partial charge in [-0.15, -0.1) is 0 Å². The van der Waals surface area contributed by atoms with Crippen molar-refractivity contribution in [2.45, 2.75) is 52.9 Å². The predicted octanol–water partition coefficient (Wildman–Crippen LogP) is 4.28. The van der Waals surface area contributed by atoms with Crippen LogP contribution in [0.25, 0.3) is 0 Å². The topological polar surface area (TPSA) is 20.2 Å². The number of hydrogen-bond acceptors (Lipinski definition) is 1. The zero-order valence-corrected chi connectivity index (χ0v) is 11.2. The van der Waals surface area contributed by atoms with E-state index in [9.17, 15) is 5.11 Å². The van der Waals surface area contributed by atoms with E-state index in [4.69, 9.17) is 0 Å². The first-order valence-electron chi connectivity index (χ1n) is 6.17. The van der Waals surface area contributed by atoms with Crippen LogP contribution in [0.2, 0.25) is 0 Å². The van der Waals surface area contributed by atoms with E-state index in [2.05, 4.69) is 40.7 Å². The summed E-state index contributed by atoms with van der Waals surface area (Å²) in [5.74, 6) is 1.12. The fourth-order valence-electron chi connectivity index (χ4n) is 1.86. The summed E-state index contributed by atoms with van der Waals surface area (Å²) in [6.07, 6.45) is 2.30. The minimum absolute atomic E-state index is 0.00947. The van der Waals surface area contributed by atoms with E-state index in [0.717, 1.165) is 12.0 Å². The highest BCUT2D eigenvalue weighted by atomic mass is 16.3. The number of phenols is 1. The van der Waals surface area contributed by atoms with Gasteiger partial charge in [0.2, 0.25) is 0 Å². The van der Waals surface area contributed by atoms with Crippen molar-refractivity contribution < 1.29 is 5.11 Å². The van der Waals surface area contributed by atoms with Crippen molar-refractivity contribution in [2.24, 2.45) is 5.92 Å². The summed E-state index contributed by atoms with van der Waals surface area (Å²) in [5, 5.41) is 9.86. The number of benzene rings is 1. The van der Waals surface area contributed by atoms with E-state index in [1.54, 1.807) is 0 Å². The van der Waals surface area contributed by atoms with E-state index >= 15 is 0 Å². The molecule has 0 saturated carbocycles. The van der Waals surface area contributed by atoms with Gasteiger partial charge < -0.3 is 5.11 Å². The average Bonchev–Trinajstić information content (AvgIpc) is 2.19. The SMILES string of the molecule is CCC(C)Cc1ccc(O)c(C(C)(C)C)c1. The lowest BCUT2D eigenvalue weighted by Gasteiger charge is -2.21. The molecule has 0 saturated heterocycles. The summed E-state index contributed by atoms with van der Waals surface area (Å²) >= 11 is 0. The van der Waals surface area contributed by atoms with Gasteiger partial charge in [0, 0.05) is 0 Å². The molecule has 0 heterocycles. The van der Waals surface area contributed by atoms with Crippen LogP contribution < -0.4 is 0 Å². The third-order valence-corrected chi connectivity index (χ3v) is 3.15. The maximum absolute atomic E-state index is 9.86. The molecule has 1 heteroatoms. The van der Waals surface area contributed by atoms with Crippen LogP contribution in [0.3, 0.4) is 0 Å². The minimum atomic E-state index is 0.00947. The molecule has 90 valence electrons. The lowest BCUT2D eigenvalue weighted by Crippen LogP contribution is -2.12. The molecule has 0 aliphatic rings. The molecular weight excluding hydrogens is 196 g/mol. The monoisotopic (exact) mass is 220 g/mol. The highest BCUT2D eigenvalue weighted by Crippen LogP contribution is 2.31. The summed E-state index contributed by atoms with van der Waals surface area (Å²) in [6, 6.07) is 6.02. The normalized spacial score (nSPS) is 13.8. The molecule has 0 bridgehead atoms. The molecule has 0 aromatic heterocycles. The van der Waals surface area contributed by atoms with Gasteiger partial charge >= 0.3 is 0 Å². The molecule has 0 fully saturated rings. The fourth-order valence-corrected chi connectivity index (χ4v) is 1.86. The van der Waals surface area contributed by atoms with Gasteiger partial charge in [0.05, 0.1) is 0 Å². The van der Waals surface area contributed by atoms with Crippen molar-refractivity contribution in [1.82, 2.24) is 0 Å². The second-order valence-corrected chi connectivity index (χ2v) is 5.82. The van der Waals surface area contributed by atoms with Gasteiger partial charge in [-0.05, 0) is 34.9 Å². The molecule has 0 spiro atoms. The van der Waals surface area contributed by atoms with Crippen molar-refractivity contribution in [3.05, 3.63) is 29.3 Å². The van der Waals surface area contributed by atoms with Crippen LogP contribution >= 0.6 is 0 Å². The molecule has 1 rings (SSSR count). The van der Waals surface area contributed by atoms with Crippen LogP contribution in [0, 0.1) is 5.92 Å². The van der Waals surface area contributed by atoms with Gasteiger partial charge in [-0.3, -0.25) is 0 Å². The Hall–Kier alpha value is -0.980. The lowest BCUT2D eigenvalue weighted by atomic mass is 9.84. The number of phenolic OH excluding ortho intramolecular Hbond substituents is 1. The summed E-state index contributed by atoms with van der Waals surface area (Å²) in [6.45, 7) is 10.9. The van der Waals surface area contributed by atoms with Gasteiger partial charge in [-0.2, -0.15) is 0 Å². The summed E-state index contributed by atoms with van der Waals surface area (Å²) in [5.41, 5.74) is 2.39. The van der Waals surface area contributed by atoms with Gasteiger partial charge in [-0.25, -0.2) is 0 Å². The number of hydrogen-bond donors (Lipinski definition) is 1. The van der Waals surface area contributed by atoms with Crippen molar-refractivity contribution >= 4 is 0 Å². The first-order valence-corrected chi connectivity index (χ1v) is 6.17. The Morgan fingerprint density at radius 1 is 1.25 bits per heavy atom. The Kier molecular flexibility index (Phi) is 4.01. The van der Waals surface area contributed by atoms with E-state index in [1.165, 1.54) is 12.0 Å². The first-order chi connectivity index (χ1) is 7.34. The van der Waals surface area contributed by atoms with Gasteiger partial charge in [0.25, 0.3) is 0 Å². The number of aromatic hydroxyl groups is 1. The standard InChI is InChI=1S/C15H24O/c1-6-11(2)9-12-7-8-14(16)13(10-12)15(3,4)5/h7-8,10-11,16H,6,9H2,1-5H3. The quantitative estimate of drug-likeness (QED) is 0.806. The van der Waals surface area contributed by atoms with Crippen LogP contribution in [0.15, 0.2) is 18.2 Å². The molecule has 1 unspecified atom stereocenters. The summed E-state index contributed by atoms with van der Waals surface area (Å²) in [4.78, 5) is 0. The fraction of sp³-hybridized carbons (Fsp3) is 0.600. The molecule has 16 heavy (non-hydrogen) atoms. The third kappa shape index (κ3) is 3.26. The second kappa shape index (κ2) is 4.90. The van der Waals surface area contributed by atoms with Crippen molar-refractivity contribution in [1.29, 1.82) is 0 Å². The highest BCUT2D eigenvalue weighted by Gasteiger charge is 2.18. The Morgan fingerprint density at radius 2 is 1.88 bits per heavy atom. The Labute approximate surface area is 99.5 Å². The molecule has 0 aliphatic carbocycles. The predicted molar refractivity (Wildman–Crippen MR) is 70.0 cm³/mol. The molecular formula is C15H24O. The maximum atomic E-state index is 9.86. The highest BCUT2D eigenvalue weighted by molar-refractivity contribution is 5.40. The van der Waals surface area contributed by atoms with Gasteiger partial charge in [0.1, 0.15) is 5.75 Å². The third-order valence-electron chi connectivity index (χ3n) is 3.15. The molecule has 1 N–H and O–H groups in total. The van der Waals surface area contributed by atoms with Crippen LogP contribution in [0.5, 0.6) is 5.75 Å². The molecule has 1 aromatic carbocycles. The molecule has 0 aliphatic heterocycles. The number of rotatable bonds is 3. The van der Waals surface area contributed by atoms with Crippen molar-refractivity contribution in [2.75, 3.05) is 0 Å². The zero-order valence-electron chi connectivity index (χ0n) is 11.2. The molecule has 1 aromatic rings. The van der Waals surface area contributed by atoms with E-state index in [-0.39, 0.29) is 5.41 Å². The lowest BCUT2D eigenvalue weighted by molar-refractivity contribution is 0.445. The largest absolute Gasteiger partial charge is 0.508 e. The van der Waals surface area contributed by atoms with Crippen LogP contribution in [0.1, 0.15) is 52.2 Å². The maximum Gasteiger partial charge on any atom is 0.119 e. The molecule has 0 amide bonds. The Balaban J connectivity index is 2.99. The average molecular weight is 220 g/mol. The van der Waals surface area contributed by atoms with Crippen LogP contribution in [-0.4, -0.2) is 5.11 Å². The Bertz CT molecular complexity index is 347. The van der Waals surface area contributed by atoms with Crippen molar-refractivity contribution in [3.8, 4) is 5.75 Å². The first kappa shape index (κ1) is 13.1. The van der Waals surface area contributed by atoms with Gasteiger partial charge in [0.15, 0.2) is 0 Å². The van der Waals surface area contributed by atoms with Crippen LogP contribution in [-0.2, 0) is 11.8 Å². The molecule has 1 atom stereocenters. The van der Waals surface area contributed by atoms with E-state index < -0.39 is 0 Å². The Morgan fingerprint density at radius 3 is 2.38 bits per heavy atom. The minimum Gasteiger partial charge on any atom is -0.508 e. The van der Waals surface area contributed by atoms with E-state index in [1.807, 2.05) is 12.1 Å². The van der Waals surface area contributed by atoms with Crippen molar-refractivity contribution in [3.63, 3.8) is 0 Å². The molecule has 1 nitrogen and oxygen atoms in total.